The van der Waals surface area contributed by atoms with Crippen molar-refractivity contribution in [2.24, 2.45) is 0 Å². The van der Waals surface area contributed by atoms with Crippen molar-refractivity contribution in [3.05, 3.63) is 95.5 Å². The van der Waals surface area contributed by atoms with Crippen LogP contribution in [0.5, 0.6) is 0 Å². The molecule has 0 radical (unpaired) electrons. The van der Waals surface area contributed by atoms with E-state index in [9.17, 15) is 14.4 Å². The van der Waals surface area contributed by atoms with Crippen LogP contribution in [0, 0.1) is 6.92 Å². The maximum Gasteiger partial charge on any atom is 0.276 e. The Labute approximate surface area is 262 Å². The predicted octanol–water partition coefficient (Wildman–Crippen LogP) is 3.90. The summed E-state index contributed by atoms with van der Waals surface area (Å²) in [6.45, 7) is 5.29. The molecule has 3 amide bonds. The highest BCUT2D eigenvalue weighted by Gasteiger charge is 2.44. The molecule has 45 heavy (non-hydrogen) atoms. The average molecular weight is 610 g/mol. The van der Waals surface area contributed by atoms with Gasteiger partial charge in [-0.25, -0.2) is 0 Å². The molecule has 11 heteroatoms. The zero-order valence-electron chi connectivity index (χ0n) is 25.5. The topological polar surface area (TPSA) is 128 Å². The lowest BCUT2D eigenvalue weighted by Gasteiger charge is -2.31. The second-order valence-corrected chi connectivity index (χ2v) is 11.8. The molecule has 2 N–H and O–H groups in total. The van der Waals surface area contributed by atoms with Gasteiger partial charge in [0, 0.05) is 49.9 Å². The molecule has 2 aromatic heterocycles. The maximum atomic E-state index is 14.0. The summed E-state index contributed by atoms with van der Waals surface area (Å²) in [7, 11) is 0. The number of H-pyrrole nitrogens is 1. The van der Waals surface area contributed by atoms with Crippen molar-refractivity contribution in [2.45, 2.75) is 51.2 Å². The first-order chi connectivity index (χ1) is 22.0. The van der Waals surface area contributed by atoms with Crippen LogP contribution in [0.15, 0.2) is 77.4 Å². The number of aromatic nitrogens is 3. The molecule has 6 rings (SSSR count). The van der Waals surface area contributed by atoms with Crippen LogP contribution in [0.4, 0.5) is 0 Å². The predicted molar refractivity (Wildman–Crippen MR) is 168 cm³/mol. The number of nitrogens with one attached hydrogen (secondary N) is 2. The van der Waals surface area contributed by atoms with Crippen LogP contribution in [0.3, 0.4) is 0 Å². The lowest BCUT2D eigenvalue weighted by atomic mass is 10.1. The lowest BCUT2D eigenvalue weighted by Crippen LogP contribution is -2.46. The van der Waals surface area contributed by atoms with Crippen LogP contribution in [0.25, 0.3) is 11.3 Å². The quantitative estimate of drug-likeness (QED) is 0.351. The molecule has 0 saturated carbocycles. The fraction of sp³-hybridized carbons (Fsp3) is 0.382. The lowest BCUT2D eigenvalue weighted by molar-refractivity contribution is -0.124. The minimum Gasteiger partial charge on any atom is -0.361 e. The van der Waals surface area contributed by atoms with Gasteiger partial charge in [0.15, 0.2) is 5.69 Å². The van der Waals surface area contributed by atoms with Crippen molar-refractivity contribution in [3.8, 4) is 11.3 Å². The molecule has 0 spiro atoms. The molecule has 2 aromatic carbocycles. The summed E-state index contributed by atoms with van der Waals surface area (Å²) in [6, 6.07) is 19.9. The number of hydrogen-bond acceptors (Lipinski definition) is 7. The maximum absolute atomic E-state index is 14.0. The molecule has 4 heterocycles. The summed E-state index contributed by atoms with van der Waals surface area (Å²) in [5.41, 5.74) is 3.95. The van der Waals surface area contributed by atoms with Crippen molar-refractivity contribution < 1.29 is 18.9 Å². The van der Waals surface area contributed by atoms with Gasteiger partial charge in [-0.1, -0.05) is 53.7 Å². The first kappa shape index (κ1) is 30.3. The van der Waals surface area contributed by atoms with Crippen molar-refractivity contribution in [2.75, 3.05) is 32.7 Å². The molecule has 2 aliphatic rings. The van der Waals surface area contributed by atoms with E-state index >= 15 is 0 Å². The molecule has 2 atom stereocenters. The smallest absolute Gasteiger partial charge is 0.276 e. The zero-order valence-corrected chi connectivity index (χ0v) is 25.5. The van der Waals surface area contributed by atoms with E-state index in [1.807, 2.05) is 59.6 Å². The summed E-state index contributed by atoms with van der Waals surface area (Å²) in [5.74, 6) is -0.166. The summed E-state index contributed by atoms with van der Waals surface area (Å²) < 4.78 is 5.16. The second kappa shape index (κ2) is 13.9. The zero-order chi connectivity index (χ0) is 31.2. The van der Waals surface area contributed by atoms with E-state index in [0.29, 0.717) is 37.4 Å². The Balaban J connectivity index is 1.25. The standard InChI is InChI=1S/C34H39N7O4/c1-24-19-29(38-45-24)34(44)41-23-28-20-30(41)32(42)35-15-8-9-16-39(17-10-18-40(28)33(43)26-13-6-3-7-14-26)22-27-21-36-37-31(27)25-11-4-2-5-12-25/h2-7,11-14,19,21,28,30H,8-10,15-18,20,22-23H2,1H3,(H,35,42)(H,36,37)/t28-,30-/m0/s1. The van der Waals surface area contributed by atoms with E-state index in [4.69, 9.17) is 4.52 Å². The Morgan fingerprint density at radius 3 is 2.44 bits per heavy atom. The van der Waals surface area contributed by atoms with Gasteiger partial charge in [0.2, 0.25) is 5.91 Å². The summed E-state index contributed by atoms with van der Waals surface area (Å²) >= 11 is 0. The highest BCUT2D eigenvalue weighted by Crippen LogP contribution is 2.27. The van der Waals surface area contributed by atoms with Crippen molar-refractivity contribution >= 4 is 17.7 Å². The number of fused-ring (bicyclic) bond motifs is 2. The van der Waals surface area contributed by atoms with Crippen LogP contribution >= 0.6 is 0 Å². The summed E-state index contributed by atoms with van der Waals surface area (Å²) in [4.78, 5) is 46.9. The summed E-state index contributed by atoms with van der Waals surface area (Å²) in [5, 5.41) is 14.5. The molecule has 2 bridgehead atoms. The van der Waals surface area contributed by atoms with Gasteiger partial charge < -0.3 is 19.6 Å². The number of carbonyl (C=O) groups excluding carboxylic acids is 3. The molecular formula is C34H39N7O4. The van der Waals surface area contributed by atoms with Crippen LogP contribution in [-0.4, -0.2) is 92.6 Å². The SMILES string of the molecule is Cc1cc(C(=O)N2C[C@@H]3C[C@H]2C(=O)NCCCCN(Cc2cn[nH]c2-c2ccccc2)CCCN3C(=O)c2ccccc2)no1. The number of hydrogen-bond donors (Lipinski definition) is 2. The molecule has 0 aliphatic carbocycles. The molecule has 234 valence electrons. The molecule has 2 aliphatic heterocycles. The van der Waals surface area contributed by atoms with E-state index in [0.717, 1.165) is 49.2 Å². The third-order valence-corrected chi connectivity index (χ3v) is 8.66. The molecule has 0 unspecified atom stereocenters. The molecule has 11 nitrogen and oxygen atoms in total. The van der Waals surface area contributed by atoms with E-state index in [-0.39, 0.29) is 36.0 Å². The van der Waals surface area contributed by atoms with Gasteiger partial charge in [0.25, 0.3) is 11.8 Å². The number of carbonyl (C=O) groups is 3. The minimum atomic E-state index is -0.706. The third-order valence-electron chi connectivity index (χ3n) is 8.66. The van der Waals surface area contributed by atoms with Crippen LogP contribution in [0.2, 0.25) is 0 Å². The Morgan fingerprint density at radius 2 is 1.69 bits per heavy atom. The minimum absolute atomic E-state index is 0.105. The Hall–Kier alpha value is -4.77. The third kappa shape index (κ3) is 6.99. The average Bonchev–Trinajstić information content (AvgIpc) is 3.83. The van der Waals surface area contributed by atoms with E-state index in [1.54, 1.807) is 17.9 Å². The largest absolute Gasteiger partial charge is 0.361 e. The highest BCUT2D eigenvalue weighted by atomic mass is 16.5. The molecule has 2 saturated heterocycles. The Kier molecular flexibility index (Phi) is 9.35. The fourth-order valence-corrected chi connectivity index (χ4v) is 6.37. The van der Waals surface area contributed by atoms with E-state index in [1.165, 1.54) is 0 Å². The number of amides is 3. The monoisotopic (exact) mass is 609 g/mol. The van der Waals surface area contributed by atoms with Crippen molar-refractivity contribution in [1.82, 2.24) is 35.4 Å². The summed E-state index contributed by atoms with van der Waals surface area (Å²) in [6.07, 6.45) is 4.68. The molecular weight excluding hydrogens is 570 g/mol. The first-order valence-electron chi connectivity index (χ1n) is 15.7. The number of aryl methyl sites for hydroxylation is 1. The van der Waals surface area contributed by atoms with Gasteiger partial charge in [-0.05, 0) is 56.8 Å². The normalized spacial score (nSPS) is 20.1. The van der Waals surface area contributed by atoms with Crippen molar-refractivity contribution in [1.29, 1.82) is 0 Å². The number of nitrogens with zero attached hydrogens (tertiary/aromatic N) is 5. The van der Waals surface area contributed by atoms with Gasteiger partial charge in [-0.15, -0.1) is 0 Å². The van der Waals surface area contributed by atoms with Crippen molar-refractivity contribution in [3.63, 3.8) is 0 Å². The Bertz CT molecular complexity index is 1600. The van der Waals surface area contributed by atoms with E-state index < -0.39 is 6.04 Å². The highest BCUT2D eigenvalue weighted by molar-refractivity contribution is 5.97. The number of rotatable bonds is 5. The number of likely N-dealkylation sites (tertiary alicyclic amines) is 1. The Morgan fingerprint density at radius 1 is 0.933 bits per heavy atom. The van der Waals surface area contributed by atoms with Gasteiger partial charge in [0.05, 0.1) is 17.9 Å². The van der Waals surface area contributed by atoms with Crippen LogP contribution < -0.4 is 5.32 Å². The van der Waals surface area contributed by atoms with Gasteiger partial charge >= 0.3 is 0 Å². The van der Waals surface area contributed by atoms with E-state index in [2.05, 4.69) is 37.7 Å². The molecule has 2 fully saturated rings. The fourth-order valence-electron chi connectivity index (χ4n) is 6.37. The van der Waals surface area contributed by atoms with Gasteiger partial charge in [0.1, 0.15) is 11.8 Å². The first-order valence-corrected chi connectivity index (χ1v) is 15.7. The van der Waals surface area contributed by atoms with Gasteiger partial charge in [-0.3, -0.25) is 24.4 Å². The number of benzene rings is 2. The van der Waals surface area contributed by atoms with Gasteiger partial charge in [-0.2, -0.15) is 5.10 Å². The second-order valence-electron chi connectivity index (χ2n) is 11.8. The number of aromatic amines is 1. The molecule has 4 aromatic rings. The van der Waals surface area contributed by atoms with Crippen LogP contribution in [0.1, 0.15) is 57.9 Å². The van der Waals surface area contributed by atoms with Crippen LogP contribution in [-0.2, 0) is 11.3 Å².